The minimum Gasteiger partial charge on any atom is -0.469 e. The van der Waals surface area contributed by atoms with E-state index in [9.17, 15) is 9.59 Å². The molecule has 1 N–H and O–H groups in total. The average molecular weight is 336 g/mol. The molecule has 0 spiro atoms. The van der Waals surface area contributed by atoms with Crippen molar-refractivity contribution in [3.05, 3.63) is 71.4 Å². The third-order valence-corrected chi connectivity index (χ3v) is 4.08. The minimum absolute atomic E-state index is 0.0228. The van der Waals surface area contributed by atoms with Crippen LogP contribution in [-0.4, -0.2) is 19.0 Å². The monoisotopic (exact) mass is 336 g/mol. The van der Waals surface area contributed by atoms with E-state index in [1.165, 1.54) is 18.7 Å². The summed E-state index contributed by atoms with van der Waals surface area (Å²) in [7, 11) is 1.33. The first kappa shape index (κ1) is 16.8. The zero-order chi connectivity index (χ0) is 17.8. The van der Waals surface area contributed by atoms with Gasteiger partial charge in [-0.25, -0.2) is 0 Å². The number of benzene rings is 2. The molecule has 2 aromatic rings. The molecule has 0 atom stereocenters. The highest BCUT2D eigenvalue weighted by Crippen LogP contribution is 2.31. The van der Waals surface area contributed by atoms with Gasteiger partial charge in [0.15, 0.2) is 0 Å². The molecule has 25 heavy (non-hydrogen) atoms. The van der Waals surface area contributed by atoms with Crippen LogP contribution in [0.25, 0.3) is 0 Å². The number of carbonyl (C=O) groups excluding carboxylic acids is 2. The van der Waals surface area contributed by atoms with Gasteiger partial charge in [-0.1, -0.05) is 42.0 Å². The van der Waals surface area contributed by atoms with Gasteiger partial charge in [-0.05, 0) is 24.6 Å². The molecule has 2 aromatic carbocycles. The fourth-order valence-corrected chi connectivity index (χ4v) is 2.73. The summed E-state index contributed by atoms with van der Waals surface area (Å²) in [5.74, 6) is -0.562. The zero-order valence-electron chi connectivity index (χ0n) is 14.3. The fraction of sp³-hybridized carbons (Fsp3) is 0.200. The van der Waals surface area contributed by atoms with Gasteiger partial charge >= 0.3 is 5.97 Å². The number of ether oxygens (including phenoxy) is 1. The number of methoxy groups -OCH3 is 1. The zero-order valence-corrected chi connectivity index (χ0v) is 14.3. The second kappa shape index (κ2) is 7.21. The Bertz CT molecular complexity index is 825. The molecule has 5 nitrogen and oxygen atoms in total. The maximum absolute atomic E-state index is 12.8. The highest BCUT2D eigenvalue weighted by molar-refractivity contribution is 6.06. The third kappa shape index (κ3) is 3.88. The highest BCUT2D eigenvalue weighted by atomic mass is 16.5. The molecule has 0 aromatic heterocycles. The van der Waals surface area contributed by atoms with Crippen molar-refractivity contribution < 1.29 is 14.3 Å². The molecular weight excluding hydrogens is 316 g/mol. The summed E-state index contributed by atoms with van der Waals surface area (Å²) in [6.45, 7) is 2.49. The van der Waals surface area contributed by atoms with Crippen LogP contribution in [0.2, 0.25) is 0 Å². The molecule has 128 valence electrons. The van der Waals surface area contributed by atoms with Crippen LogP contribution in [0, 0.1) is 6.92 Å². The number of rotatable bonds is 4. The first-order chi connectivity index (χ1) is 12.1. The Labute approximate surface area is 146 Å². The predicted octanol–water partition coefficient (Wildman–Crippen LogP) is 3.40. The molecule has 0 fully saturated rings. The summed E-state index contributed by atoms with van der Waals surface area (Å²) >= 11 is 0. The Morgan fingerprint density at radius 1 is 1.12 bits per heavy atom. The molecule has 0 saturated carbocycles. The number of esters is 1. The van der Waals surface area contributed by atoms with Gasteiger partial charge in [0.1, 0.15) is 0 Å². The van der Waals surface area contributed by atoms with Crippen LogP contribution in [-0.2, 0) is 20.9 Å². The van der Waals surface area contributed by atoms with Crippen molar-refractivity contribution in [2.75, 3.05) is 17.3 Å². The van der Waals surface area contributed by atoms with Gasteiger partial charge in [0.05, 0.1) is 31.5 Å². The van der Waals surface area contributed by atoms with Crippen molar-refractivity contribution in [3.8, 4) is 0 Å². The summed E-state index contributed by atoms with van der Waals surface area (Å²) in [5, 5.41) is 3.18. The van der Waals surface area contributed by atoms with Crippen LogP contribution < -0.4 is 10.2 Å². The van der Waals surface area contributed by atoms with Gasteiger partial charge in [-0.15, -0.1) is 0 Å². The second-order valence-corrected chi connectivity index (χ2v) is 5.97. The maximum Gasteiger partial charge on any atom is 0.311 e. The van der Waals surface area contributed by atoms with Crippen molar-refractivity contribution in [2.45, 2.75) is 19.9 Å². The Kier molecular flexibility index (Phi) is 4.84. The molecule has 1 aliphatic rings. The van der Waals surface area contributed by atoms with Crippen LogP contribution in [0.4, 0.5) is 11.4 Å². The number of hydrogen-bond donors (Lipinski definition) is 1. The van der Waals surface area contributed by atoms with Crippen molar-refractivity contribution >= 4 is 23.3 Å². The average Bonchev–Trinajstić information content (AvgIpc) is 2.73. The van der Waals surface area contributed by atoms with Crippen molar-refractivity contribution in [1.82, 2.24) is 0 Å². The number of carbonyl (C=O) groups is 2. The lowest BCUT2D eigenvalue weighted by Crippen LogP contribution is -2.28. The third-order valence-electron chi connectivity index (χ3n) is 4.08. The Balaban J connectivity index is 1.94. The van der Waals surface area contributed by atoms with Gasteiger partial charge in [0, 0.05) is 11.8 Å². The minimum atomic E-state index is -0.393. The van der Waals surface area contributed by atoms with Crippen LogP contribution in [0.5, 0.6) is 0 Å². The topological polar surface area (TPSA) is 58.6 Å². The Morgan fingerprint density at radius 3 is 2.56 bits per heavy atom. The fourth-order valence-electron chi connectivity index (χ4n) is 2.73. The van der Waals surface area contributed by atoms with Gasteiger partial charge < -0.3 is 15.0 Å². The highest BCUT2D eigenvalue weighted by Gasteiger charge is 2.23. The molecule has 0 aliphatic carbocycles. The predicted molar refractivity (Wildman–Crippen MR) is 97.1 cm³/mol. The molecule has 0 bridgehead atoms. The first-order valence-corrected chi connectivity index (χ1v) is 8.07. The maximum atomic E-state index is 12.8. The Hall–Kier alpha value is -3.08. The van der Waals surface area contributed by atoms with E-state index in [0.717, 1.165) is 16.9 Å². The molecule has 0 saturated heterocycles. The lowest BCUT2D eigenvalue weighted by Gasteiger charge is -2.22. The molecule has 3 rings (SSSR count). The molecule has 1 amide bonds. The molecule has 0 unspecified atom stereocenters. The van der Waals surface area contributed by atoms with Crippen LogP contribution in [0.15, 0.2) is 60.3 Å². The van der Waals surface area contributed by atoms with Gasteiger partial charge in [-0.3, -0.25) is 9.59 Å². The summed E-state index contributed by atoms with van der Waals surface area (Å²) in [6.07, 6.45) is 1.49. The van der Waals surface area contributed by atoms with E-state index in [1.54, 1.807) is 4.90 Å². The summed E-state index contributed by atoms with van der Waals surface area (Å²) in [6, 6.07) is 15.7. The SMILES string of the molecule is COC(=O)CC1=CC(=O)N(Cc2ccc(C)cc2)c2ccccc2N1. The quantitative estimate of drug-likeness (QED) is 0.870. The number of fused-ring (bicyclic) bond motifs is 1. The standard InChI is InChI=1S/C20H20N2O3/c1-14-7-9-15(10-8-14)13-22-18-6-4-3-5-17(18)21-16(11-19(22)23)12-20(24)25-2/h3-11,21H,12-13H2,1-2H3. The molecule has 1 aliphatic heterocycles. The van der Waals surface area contributed by atoms with Gasteiger partial charge in [0.25, 0.3) is 5.91 Å². The van der Waals surface area contributed by atoms with E-state index >= 15 is 0 Å². The van der Waals surface area contributed by atoms with Crippen LogP contribution >= 0.6 is 0 Å². The van der Waals surface area contributed by atoms with Crippen molar-refractivity contribution in [1.29, 1.82) is 0 Å². The van der Waals surface area contributed by atoms with Crippen molar-refractivity contribution in [3.63, 3.8) is 0 Å². The Morgan fingerprint density at radius 2 is 1.84 bits per heavy atom. The largest absolute Gasteiger partial charge is 0.469 e. The normalized spacial score (nSPS) is 13.4. The number of aryl methyl sites for hydroxylation is 1. The number of anilines is 2. The number of hydrogen-bond acceptors (Lipinski definition) is 4. The summed E-state index contributed by atoms with van der Waals surface area (Å²) < 4.78 is 4.71. The molecule has 1 heterocycles. The van der Waals surface area contributed by atoms with Crippen molar-refractivity contribution in [2.24, 2.45) is 0 Å². The number of nitrogens with one attached hydrogen (secondary N) is 1. The smallest absolute Gasteiger partial charge is 0.311 e. The van der Waals surface area contributed by atoms with E-state index in [4.69, 9.17) is 4.74 Å². The number of nitrogens with zero attached hydrogens (tertiary/aromatic N) is 1. The van der Waals surface area contributed by atoms with E-state index in [2.05, 4.69) is 5.32 Å². The second-order valence-electron chi connectivity index (χ2n) is 5.97. The number of para-hydroxylation sites is 2. The summed E-state index contributed by atoms with van der Waals surface area (Å²) in [4.78, 5) is 26.1. The molecule has 0 radical (unpaired) electrons. The van der Waals surface area contributed by atoms with E-state index in [0.29, 0.717) is 12.2 Å². The van der Waals surface area contributed by atoms with E-state index in [-0.39, 0.29) is 12.3 Å². The van der Waals surface area contributed by atoms with E-state index < -0.39 is 5.97 Å². The summed E-state index contributed by atoms with van der Waals surface area (Å²) in [5.41, 5.74) is 4.31. The molecule has 5 heteroatoms. The lowest BCUT2D eigenvalue weighted by atomic mass is 10.1. The first-order valence-electron chi connectivity index (χ1n) is 8.07. The van der Waals surface area contributed by atoms with Gasteiger partial charge in [0.2, 0.25) is 0 Å². The lowest BCUT2D eigenvalue weighted by molar-refractivity contribution is -0.139. The number of amides is 1. The van der Waals surface area contributed by atoms with Crippen LogP contribution in [0.1, 0.15) is 17.5 Å². The molecular formula is C20H20N2O3. The van der Waals surface area contributed by atoms with E-state index in [1.807, 2.05) is 55.5 Å². The van der Waals surface area contributed by atoms with Crippen LogP contribution in [0.3, 0.4) is 0 Å². The van der Waals surface area contributed by atoms with Gasteiger partial charge in [-0.2, -0.15) is 0 Å².